The second kappa shape index (κ2) is 8.61. The zero-order valence-corrected chi connectivity index (χ0v) is 19.3. The molecule has 0 aliphatic heterocycles. The summed E-state index contributed by atoms with van der Waals surface area (Å²) in [7, 11) is 0. The number of carbonyl (C=O) groups excluding carboxylic acids is 1. The van der Waals surface area contributed by atoms with Crippen LogP contribution in [0.4, 0.5) is 0 Å². The average molecular weight is 397 g/mol. The summed E-state index contributed by atoms with van der Waals surface area (Å²) in [6.45, 7) is 16.6. The molecule has 2 rings (SSSR count). The van der Waals surface area contributed by atoms with Gasteiger partial charge in [-0.3, -0.25) is 0 Å². The molecule has 0 aromatic heterocycles. The summed E-state index contributed by atoms with van der Waals surface area (Å²) in [5.74, 6) is 0.606. The van der Waals surface area contributed by atoms with Crippen LogP contribution in [0.5, 0.6) is 5.75 Å². The van der Waals surface area contributed by atoms with Crippen LogP contribution in [-0.4, -0.2) is 17.2 Å². The fourth-order valence-corrected chi connectivity index (χ4v) is 2.90. The summed E-state index contributed by atoms with van der Waals surface area (Å²) in [6, 6.07) is 16.0. The summed E-state index contributed by atoms with van der Waals surface area (Å²) in [4.78, 5) is 12.4. The van der Waals surface area contributed by atoms with Crippen LogP contribution in [0.15, 0.2) is 48.5 Å². The number of ether oxygens (including phenoxy) is 2. The summed E-state index contributed by atoms with van der Waals surface area (Å²) in [5, 5.41) is 0. The van der Waals surface area contributed by atoms with Crippen LogP contribution in [0.3, 0.4) is 0 Å². The van der Waals surface area contributed by atoms with E-state index < -0.39 is 5.60 Å². The molecule has 0 N–H and O–H groups in total. The van der Waals surface area contributed by atoms with Crippen LogP contribution in [0.1, 0.15) is 89.7 Å². The zero-order chi connectivity index (χ0) is 21.9. The van der Waals surface area contributed by atoms with Crippen LogP contribution in [0.25, 0.3) is 0 Å². The number of hydrogen-bond acceptors (Lipinski definition) is 3. The van der Waals surface area contributed by atoms with Crippen molar-refractivity contribution in [3.63, 3.8) is 0 Å². The molecule has 2 aromatic rings. The largest absolute Gasteiger partial charge is 0.488 e. The average Bonchev–Trinajstić information content (AvgIpc) is 2.68. The molecule has 0 atom stereocenters. The van der Waals surface area contributed by atoms with E-state index in [4.69, 9.17) is 9.47 Å². The summed E-state index contributed by atoms with van der Waals surface area (Å²) >= 11 is 0. The molecular formula is C26H36O3. The van der Waals surface area contributed by atoms with E-state index in [0.717, 1.165) is 24.2 Å². The summed E-state index contributed by atoms with van der Waals surface area (Å²) in [6.07, 6.45) is 1.73. The lowest BCUT2D eigenvalue weighted by Gasteiger charge is -2.28. The van der Waals surface area contributed by atoms with Crippen molar-refractivity contribution in [3.8, 4) is 5.75 Å². The molecule has 3 nitrogen and oxygen atoms in total. The second-order valence-corrected chi connectivity index (χ2v) is 9.44. The Morgan fingerprint density at radius 1 is 0.724 bits per heavy atom. The number of hydrogen-bond donors (Lipinski definition) is 0. The van der Waals surface area contributed by atoms with E-state index in [1.165, 1.54) is 5.56 Å². The van der Waals surface area contributed by atoms with Gasteiger partial charge in [-0.25, -0.2) is 4.79 Å². The Bertz CT molecular complexity index is 812. The van der Waals surface area contributed by atoms with Gasteiger partial charge in [-0.15, -0.1) is 0 Å². The van der Waals surface area contributed by atoms with Gasteiger partial charge in [0.2, 0.25) is 0 Å². The first-order valence-electron chi connectivity index (χ1n) is 10.5. The predicted octanol–water partition coefficient (Wildman–Crippen LogP) is 6.93. The quantitative estimate of drug-likeness (QED) is 0.454. The Kier molecular flexibility index (Phi) is 6.82. The van der Waals surface area contributed by atoms with Gasteiger partial charge in [0.15, 0.2) is 0 Å². The first-order chi connectivity index (χ1) is 13.4. The molecule has 29 heavy (non-hydrogen) atoms. The fourth-order valence-electron chi connectivity index (χ4n) is 2.90. The van der Waals surface area contributed by atoms with Gasteiger partial charge in [0, 0.05) is 5.41 Å². The third-order valence-electron chi connectivity index (χ3n) is 5.88. The van der Waals surface area contributed by atoms with Gasteiger partial charge in [0.05, 0.1) is 5.56 Å². The highest BCUT2D eigenvalue weighted by Crippen LogP contribution is 2.33. The first-order valence-corrected chi connectivity index (χ1v) is 10.5. The summed E-state index contributed by atoms with van der Waals surface area (Å²) in [5.41, 5.74) is 2.10. The molecule has 0 aliphatic rings. The van der Waals surface area contributed by atoms with Crippen LogP contribution in [0.2, 0.25) is 0 Å². The smallest absolute Gasteiger partial charge is 0.338 e. The van der Waals surface area contributed by atoms with Crippen molar-refractivity contribution in [1.82, 2.24) is 0 Å². The lowest BCUT2D eigenvalue weighted by molar-refractivity contribution is -0.00244. The molecular weight excluding hydrogens is 360 g/mol. The summed E-state index contributed by atoms with van der Waals surface area (Å²) < 4.78 is 11.7. The van der Waals surface area contributed by atoms with Gasteiger partial charge >= 0.3 is 5.97 Å². The van der Waals surface area contributed by atoms with Crippen molar-refractivity contribution in [2.75, 3.05) is 0 Å². The van der Waals surface area contributed by atoms with E-state index in [2.05, 4.69) is 46.8 Å². The highest BCUT2D eigenvalue weighted by Gasteiger charge is 2.25. The molecule has 0 fully saturated rings. The molecule has 0 radical (unpaired) electrons. The third kappa shape index (κ3) is 5.85. The van der Waals surface area contributed by atoms with Crippen molar-refractivity contribution >= 4 is 5.97 Å². The Balaban J connectivity index is 2.17. The predicted molar refractivity (Wildman–Crippen MR) is 120 cm³/mol. The minimum Gasteiger partial charge on any atom is -0.488 e. The van der Waals surface area contributed by atoms with E-state index in [1.54, 1.807) is 0 Å². The van der Waals surface area contributed by atoms with E-state index >= 15 is 0 Å². The minimum atomic E-state index is -0.453. The highest BCUT2D eigenvalue weighted by atomic mass is 16.6. The maximum Gasteiger partial charge on any atom is 0.338 e. The van der Waals surface area contributed by atoms with E-state index in [9.17, 15) is 4.79 Å². The number of rotatable bonds is 8. The molecule has 0 spiro atoms. The standard InChI is InChI=1S/C26H36O3/c1-9-24(3,4)28-22-17-15-21(16-18-22)26(7,8)20-13-11-19(12-14-20)23(27)29-25(5,6)10-2/h11-18H,9-10H2,1-8H3. The third-order valence-corrected chi connectivity index (χ3v) is 5.88. The van der Waals surface area contributed by atoms with Gasteiger partial charge in [-0.2, -0.15) is 0 Å². The van der Waals surface area contributed by atoms with Crippen LogP contribution in [0, 0.1) is 0 Å². The molecule has 0 bridgehead atoms. The van der Waals surface area contributed by atoms with Crippen LogP contribution >= 0.6 is 0 Å². The van der Waals surface area contributed by atoms with Crippen LogP contribution in [-0.2, 0) is 10.2 Å². The number of esters is 1. The first kappa shape index (κ1) is 23.0. The number of benzene rings is 2. The van der Waals surface area contributed by atoms with Crippen molar-refractivity contribution in [2.24, 2.45) is 0 Å². The zero-order valence-electron chi connectivity index (χ0n) is 19.3. The minimum absolute atomic E-state index is 0.173. The molecule has 0 heterocycles. The van der Waals surface area contributed by atoms with Gasteiger partial charge in [-0.05, 0) is 75.9 Å². The van der Waals surface area contributed by atoms with Crippen LogP contribution < -0.4 is 4.74 Å². The monoisotopic (exact) mass is 396 g/mol. The maximum atomic E-state index is 12.4. The Morgan fingerprint density at radius 3 is 1.62 bits per heavy atom. The molecule has 3 heteroatoms. The second-order valence-electron chi connectivity index (χ2n) is 9.44. The fraction of sp³-hybridized carbons (Fsp3) is 0.500. The van der Waals surface area contributed by atoms with Gasteiger partial charge in [0.1, 0.15) is 17.0 Å². The lowest BCUT2D eigenvalue weighted by atomic mass is 9.78. The molecule has 0 aliphatic carbocycles. The Morgan fingerprint density at radius 2 is 1.17 bits per heavy atom. The molecule has 0 saturated heterocycles. The molecule has 0 unspecified atom stereocenters. The molecule has 0 amide bonds. The van der Waals surface area contributed by atoms with Crippen molar-refractivity contribution in [3.05, 3.63) is 65.2 Å². The lowest BCUT2D eigenvalue weighted by Crippen LogP contribution is -2.27. The van der Waals surface area contributed by atoms with Crippen molar-refractivity contribution in [1.29, 1.82) is 0 Å². The van der Waals surface area contributed by atoms with Gasteiger partial charge in [0.25, 0.3) is 0 Å². The molecule has 2 aromatic carbocycles. The molecule has 158 valence electrons. The highest BCUT2D eigenvalue weighted by molar-refractivity contribution is 5.89. The molecule has 0 saturated carbocycles. The SMILES string of the molecule is CCC(C)(C)OC(=O)c1ccc(C(C)(C)c2ccc(OC(C)(C)CC)cc2)cc1. The van der Waals surface area contributed by atoms with Gasteiger partial charge < -0.3 is 9.47 Å². The normalized spacial score (nSPS) is 12.6. The Labute approximate surface area is 176 Å². The Hall–Kier alpha value is -2.29. The van der Waals surface area contributed by atoms with Gasteiger partial charge in [-0.1, -0.05) is 52.0 Å². The van der Waals surface area contributed by atoms with Crippen molar-refractivity contribution in [2.45, 2.75) is 84.8 Å². The topological polar surface area (TPSA) is 35.5 Å². The van der Waals surface area contributed by atoms with E-state index in [-0.39, 0.29) is 17.0 Å². The number of carbonyl (C=O) groups is 1. The van der Waals surface area contributed by atoms with E-state index in [0.29, 0.717) is 5.56 Å². The maximum absolute atomic E-state index is 12.4. The van der Waals surface area contributed by atoms with E-state index in [1.807, 2.05) is 57.2 Å². The van der Waals surface area contributed by atoms with Crippen molar-refractivity contribution < 1.29 is 14.3 Å².